The molecule has 0 bridgehead atoms. The van der Waals surface area contributed by atoms with E-state index in [-0.39, 0.29) is 5.91 Å². The van der Waals surface area contributed by atoms with Crippen molar-refractivity contribution >= 4 is 27.5 Å². The number of piperidine rings is 1. The van der Waals surface area contributed by atoms with Crippen molar-refractivity contribution in [3.05, 3.63) is 34.9 Å². The molecule has 1 aliphatic heterocycles. The predicted octanol–water partition coefficient (Wildman–Crippen LogP) is 2.11. The quantitative estimate of drug-likeness (QED) is 0.840. The lowest BCUT2D eigenvalue weighted by Crippen LogP contribution is -2.51. The molecule has 22 heavy (non-hydrogen) atoms. The number of benzene rings is 1. The van der Waals surface area contributed by atoms with E-state index in [9.17, 15) is 13.2 Å². The minimum atomic E-state index is -3.37. The van der Waals surface area contributed by atoms with Crippen molar-refractivity contribution in [2.24, 2.45) is 0 Å². The van der Waals surface area contributed by atoms with Crippen LogP contribution < -0.4 is 0 Å². The Morgan fingerprint density at radius 1 is 1.41 bits per heavy atom. The van der Waals surface area contributed by atoms with Crippen LogP contribution in [-0.4, -0.2) is 49.4 Å². The van der Waals surface area contributed by atoms with Crippen LogP contribution in [0, 0.1) is 0 Å². The van der Waals surface area contributed by atoms with Crippen LogP contribution >= 0.6 is 11.6 Å². The van der Waals surface area contributed by atoms with Gasteiger partial charge in [-0.3, -0.25) is 4.79 Å². The minimum Gasteiger partial charge on any atom is -0.340 e. The third-order valence-electron chi connectivity index (χ3n) is 3.85. The molecule has 1 atom stereocenters. The summed E-state index contributed by atoms with van der Waals surface area (Å²) in [7, 11) is -1.68. The third-order valence-corrected chi connectivity index (χ3v) is 5.37. The van der Waals surface area contributed by atoms with Gasteiger partial charge in [0.15, 0.2) is 0 Å². The first-order valence-corrected chi connectivity index (χ1v) is 9.48. The molecule has 122 valence electrons. The second-order valence-electron chi connectivity index (χ2n) is 5.71. The molecule has 1 aromatic carbocycles. The number of carbonyl (C=O) groups excluding carboxylic acids is 1. The molecule has 1 saturated heterocycles. The van der Waals surface area contributed by atoms with E-state index in [2.05, 4.69) is 0 Å². The van der Waals surface area contributed by atoms with Crippen LogP contribution in [0.2, 0.25) is 5.02 Å². The van der Waals surface area contributed by atoms with Crippen LogP contribution in [0.1, 0.15) is 24.8 Å². The van der Waals surface area contributed by atoms with Crippen LogP contribution in [-0.2, 0) is 21.4 Å². The Kier molecular flexibility index (Phi) is 5.47. The van der Waals surface area contributed by atoms with Gasteiger partial charge in [-0.15, -0.1) is 0 Å². The summed E-state index contributed by atoms with van der Waals surface area (Å²) in [5, 5.41) is 0.619. The van der Waals surface area contributed by atoms with E-state index in [1.54, 1.807) is 24.1 Å². The van der Waals surface area contributed by atoms with Crippen LogP contribution in [0.3, 0.4) is 0 Å². The fourth-order valence-corrected chi connectivity index (χ4v) is 4.12. The fourth-order valence-electron chi connectivity index (χ4n) is 2.79. The predicted molar refractivity (Wildman–Crippen MR) is 87.1 cm³/mol. The van der Waals surface area contributed by atoms with Crippen molar-refractivity contribution in [2.45, 2.75) is 31.8 Å². The first-order valence-electron chi connectivity index (χ1n) is 7.25. The van der Waals surface area contributed by atoms with Gasteiger partial charge < -0.3 is 4.90 Å². The van der Waals surface area contributed by atoms with Gasteiger partial charge in [0.05, 0.1) is 6.26 Å². The second kappa shape index (κ2) is 6.98. The van der Waals surface area contributed by atoms with Crippen LogP contribution in [0.4, 0.5) is 0 Å². The van der Waals surface area contributed by atoms with Crippen molar-refractivity contribution in [1.29, 1.82) is 0 Å². The highest BCUT2D eigenvalue weighted by atomic mass is 35.5. The maximum Gasteiger partial charge on any atom is 0.241 e. The Balaban J connectivity index is 2.11. The number of amides is 1. The Morgan fingerprint density at radius 2 is 2.14 bits per heavy atom. The number of sulfonamides is 1. The largest absolute Gasteiger partial charge is 0.340 e. The molecule has 1 amide bonds. The van der Waals surface area contributed by atoms with Crippen molar-refractivity contribution < 1.29 is 13.2 Å². The zero-order chi connectivity index (χ0) is 16.3. The standard InChI is InChI=1S/C15H21ClN2O3S/c1-17(11-12-6-5-7-13(16)10-12)15(19)14-8-3-4-9-18(14)22(2,20)21/h5-7,10,14H,3-4,8-9,11H2,1-2H3. The molecule has 0 radical (unpaired) electrons. The van der Waals surface area contributed by atoms with Gasteiger partial charge in [-0.05, 0) is 30.5 Å². The minimum absolute atomic E-state index is 0.162. The molecule has 2 rings (SSSR count). The van der Waals surface area contributed by atoms with Gasteiger partial charge in [-0.1, -0.05) is 30.2 Å². The van der Waals surface area contributed by atoms with E-state index in [1.165, 1.54) is 4.31 Å². The monoisotopic (exact) mass is 344 g/mol. The van der Waals surface area contributed by atoms with E-state index >= 15 is 0 Å². The van der Waals surface area contributed by atoms with E-state index < -0.39 is 16.1 Å². The Morgan fingerprint density at radius 3 is 2.77 bits per heavy atom. The van der Waals surface area contributed by atoms with Gasteiger partial charge in [0.1, 0.15) is 6.04 Å². The molecule has 0 aromatic heterocycles. The molecule has 1 fully saturated rings. The molecular weight excluding hydrogens is 324 g/mol. The maximum atomic E-state index is 12.6. The Hall–Kier alpha value is -1.11. The Bertz CT molecular complexity index is 648. The number of hydrogen-bond donors (Lipinski definition) is 0. The van der Waals surface area contributed by atoms with Crippen molar-refractivity contribution in [3.8, 4) is 0 Å². The zero-order valence-corrected chi connectivity index (χ0v) is 14.4. The zero-order valence-electron chi connectivity index (χ0n) is 12.8. The average molecular weight is 345 g/mol. The van der Waals surface area contributed by atoms with Crippen LogP contribution in [0.25, 0.3) is 0 Å². The van der Waals surface area contributed by atoms with Crippen molar-refractivity contribution in [3.63, 3.8) is 0 Å². The van der Waals surface area contributed by atoms with Gasteiger partial charge in [0, 0.05) is 25.2 Å². The summed E-state index contributed by atoms with van der Waals surface area (Å²) in [4.78, 5) is 14.2. The summed E-state index contributed by atoms with van der Waals surface area (Å²) in [6.45, 7) is 0.827. The summed E-state index contributed by atoms with van der Waals surface area (Å²) >= 11 is 5.95. The fraction of sp³-hybridized carbons (Fsp3) is 0.533. The molecule has 0 N–H and O–H groups in total. The number of likely N-dealkylation sites (N-methyl/N-ethyl adjacent to an activating group) is 1. The van der Waals surface area contributed by atoms with Crippen molar-refractivity contribution in [2.75, 3.05) is 19.8 Å². The molecule has 1 unspecified atom stereocenters. The number of nitrogens with zero attached hydrogens (tertiary/aromatic N) is 2. The smallest absolute Gasteiger partial charge is 0.241 e. The average Bonchev–Trinajstić information content (AvgIpc) is 2.45. The lowest BCUT2D eigenvalue weighted by Gasteiger charge is -2.35. The number of hydrogen-bond acceptors (Lipinski definition) is 3. The van der Waals surface area contributed by atoms with Gasteiger partial charge in [0.2, 0.25) is 15.9 Å². The molecule has 0 aliphatic carbocycles. The lowest BCUT2D eigenvalue weighted by atomic mass is 10.0. The summed E-state index contributed by atoms with van der Waals surface area (Å²) in [5.74, 6) is -0.162. The topological polar surface area (TPSA) is 57.7 Å². The van der Waals surface area contributed by atoms with Gasteiger partial charge in [-0.25, -0.2) is 8.42 Å². The summed E-state index contributed by atoms with van der Waals surface area (Å²) in [6.07, 6.45) is 3.41. The molecule has 5 nitrogen and oxygen atoms in total. The summed E-state index contributed by atoms with van der Waals surface area (Å²) in [6, 6.07) is 6.72. The highest BCUT2D eigenvalue weighted by Gasteiger charge is 2.35. The van der Waals surface area contributed by atoms with E-state index in [0.717, 1.165) is 24.7 Å². The number of halogens is 1. The highest BCUT2D eigenvalue weighted by molar-refractivity contribution is 7.88. The lowest BCUT2D eigenvalue weighted by molar-refractivity contribution is -0.135. The molecule has 7 heteroatoms. The molecule has 1 aliphatic rings. The van der Waals surface area contributed by atoms with E-state index in [4.69, 9.17) is 11.6 Å². The molecule has 0 saturated carbocycles. The van der Waals surface area contributed by atoms with Crippen LogP contribution in [0.5, 0.6) is 0 Å². The molecule has 1 aromatic rings. The van der Waals surface area contributed by atoms with Gasteiger partial charge in [0.25, 0.3) is 0 Å². The number of rotatable bonds is 4. The summed E-state index contributed by atoms with van der Waals surface area (Å²) < 4.78 is 25.1. The van der Waals surface area contributed by atoms with E-state index in [0.29, 0.717) is 24.5 Å². The molecule has 1 heterocycles. The molecule has 0 spiro atoms. The SMILES string of the molecule is CN(Cc1cccc(Cl)c1)C(=O)C1CCCCN1S(C)(=O)=O. The first kappa shape index (κ1) is 17.2. The summed E-state index contributed by atoms with van der Waals surface area (Å²) in [5.41, 5.74) is 0.921. The normalized spacial score (nSPS) is 19.9. The highest BCUT2D eigenvalue weighted by Crippen LogP contribution is 2.22. The van der Waals surface area contributed by atoms with Gasteiger partial charge in [-0.2, -0.15) is 4.31 Å². The Labute approximate surface area is 136 Å². The van der Waals surface area contributed by atoms with Crippen LogP contribution in [0.15, 0.2) is 24.3 Å². The third kappa shape index (κ3) is 4.21. The van der Waals surface area contributed by atoms with Crippen molar-refractivity contribution in [1.82, 2.24) is 9.21 Å². The van der Waals surface area contributed by atoms with Gasteiger partial charge >= 0.3 is 0 Å². The first-order chi connectivity index (χ1) is 10.3. The molecular formula is C15H21ClN2O3S. The van der Waals surface area contributed by atoms with E-state index in [1.807, 2.05) is 12.1 Å². The maximum absolute atomic E-state index is 12.6. The number of carbonyl (C=O) groups is 1. The second-order valence-corrected chi connectivity index (χ2v) is 8.08.